The van der Waals surface area contributed by atoms with Crippen molar-refractivity contribution < 1.29 is 24.2 Å². The minimum Gasteiger partial charge on any atom is -0.493 e. The zero-order valence-corrected chi connectivity index (χ0v) is 19.6. The maximum Gasteiger partial charge on any atom is 0.335 e. The third kappa shape index (κ3) is 6.04. The van der Waals surface area contributed by atoms with Crippen molar-refractivity contribution in [3.8, 4) is 11.5 Å². The lowest BCUT2D eigenvalue weighted by Crippen LogP contribution is -2.16. The molecule has 1 heterocycles. The number of amides is 1. The number of methoxy groups -OCH3 is 1. The molecule has 1 unspecified atom stereocenters. The fourth-order valence-corrected chi connectivity index (χ4v) is 4.01. The topological polar surface area (TPSA) is 116 Å². The van der Waals surface area contributed by atoms with Gasteiger partial charge in [-0.2, -0.15) is 0 Å². The third-order valence-electron chi connectivity index (χ3n) is 4.69. The van der Waals surface area contributed by atoms with Crippen molar-refractivity contribution in [2.45, 2.75) is 38.1 Å². The Hall–Kier alpha value is -3.53. The highest BCUT2D eigenvalue weighted by Crippen LogP contribution is 2.32. The van der Waals surface area contributed by atoms with Crippen LogP contribution in [0.1, 0.15) is 49.1 Å². The zero-order valence-electron chi connectivity index (χ0n) is 18.8. The second-order valence-electron chi connectivity index (χ2n) is 7.43. The van der Waals surface area contributed by atoms with Crippen molar-refractivity contribution in [1.82, 2.24) is 14.8 Å². The van der Waals surface area contributed by atoms with Crippen LogP contribution >= 0.6 is 11.8 Å². The van der Waals surface area contributed by atoms with Gasteiger partial charge in [0.15, 0.2) is 28.6 Å². The van der Waals surface area contributed by atoms with Crippen molar-refractivity contribution in [3.63, 3.8) is 0 Å². The van der Waals surface area contributed by atoms with Crippen LogP contribution in [-0.2, 0) is 4.79 Å². The van der Waals surface area contributed by atoms with E-state index in [-0.39, 0.29) is 23.3 Å². The van der Waals surface area contributed by atoms with Gasteiger partial charge in [0.1, 0.15) is 0 Å². The molecule has 2 N–H and O–H groups in total. The number of rotatable bonds is 10. The number of para-hydroxylation sites is 2. The number of thioether (sulfide) groups is 1. The average molecular weight is 471 g/mol. The fraction of sp³-hybridized carbons (Fsp3) is 0.304. The van der Waals surface area contributed by atoms with Crippen LogP contribution < -0.4 is 14.8 Å². The summed E-state index contributed by atoms with van der Waals surface area (Å²) in [4.78, 5) is 23.3. The summed E-state index contributed by atoms with van der Waals surface area (Å²) in [5.41, 5.74) is 0.680. The van der Waals surface area contributed by atoms with Crippen molar-refractivity contribution in [3.05, 3.63) is 59.9 Å². The van der Waals surface area contributed by atoms with E-state index in [9.17, 15) is 9.59 Å². The molecule has 1 aromatic heterocycles. The van der Waals surface area contributed by atoms with Gasteiger partial charge in [-0.25, -0.2) is 4.79 Å². The molecule has 0 aliphatic carbocycles. The summed E-state index contributed by atoms with van der Waals surface area (Å²) in [5.74, 6) is 0.740. The van der Waals surface area contributed by atoms with Crippen LogP contribution in [0.2, 0.25) is 0 Å². The largest absolute Gasteiger partial charge is 0.493 e. The first-order valence-corrected chi connectivity index (χ1v) is 11.3. The molecule has 10 heteroatoms. The number of hydrogen-bond donors (Lipinski definition) is 2. The number of carboxylic acids is 1. The fourth-order valence-electron chi connectivity index (χ4n) is 3.13. The van der Waals surface area contributed by atoms with E-state index in [1.165, 1.54) is 23.9 Å². The Morgan fingerprint density at radius 2 is 1.73 bits per heavy atom. The molecule has 174 valence electrons. The minimum atomic E-state index is -1.02. The number of hydrogen-bond acceptors (Lipinski definition) is 7. The molecule has 1 amide bonds. The second-order valence-corrected chi connectivity index (χ2v) is 8.38. The Balaban J connectivity index is 1.67. The van der Waals surface area contributed by atoms with Crippen molar-refractivity contribution in [2.75, 3.05) is 18.2 Å². The molecule has 1 atom stereocenters. The lowest BCUT2D eigenvalue weighted by molar-refractivity contribution is -0.113. The molecule has 0 saturated heterocycles. The number of nitrogens with one attached hydrogen (secondary N) is 1. The molecule has 3 aromatic rings. The van der Waals surface area contributed by atoms with Gasteiger partial charge in [0, 0.05) is 11.7 Å². The van der Waals surface area contributed by atoms with Crippen molar-refractivity contribution in [1.29, 1.82) is 0 Å². The molecule has 0 bridgehead atoms. The number of benzene rings is 2. The first-order chi connectivity index (χ1) is 15.8. The van der Waals surface area contributed by atoms with E-state index in [0.717, 1.165) is 0 Å². The van der Waals surface area contributed by atoms with E-state index >= 15 is 0 Å². The second kappa shape index (κ2) is 10.9. The van der Waals surface area contributed by atoms with Gasteiger partial charge >= 0.3 is 5.97 Å². The lowest BCUT2D eigenvalue weighted by Gasteiger charge is -2.19. The highest BCUT2D eigenvalue weighted by Gasteiger charge is 2.23. The summed E-state index contributed by atoms with van der Waals surface area (Å²) in [7, 11) is 1.59. The standard InChI is InChI=1S/C23H26N4O5S/c1-14(2)27-21(15(3)32-19-8-6-5-7-18(19)31-4)25-26-23(27)33-13-20(28)24-17-11-9-16(10-12-17)22(29)30/h5-12,14-15H,13H2,1-4H3,(H,24,28)(H,29,30). The van der Waals surface area contributed by atoms with Gasteiger partial charge in [0.05, 0.1) is 18.4 Å². The maximum atomic E-state index is 12.4. The molecule has 9 nitrogen and oxygen atoms in total. The van der Waals surface area contributed by atoms with E-state index in [1.54, 1.807) is 19.2 Å². The monoisotopic (exact) mass is 470 g/mol. The molecule has 2 aromatic carbocycles. The zero-order chi connectivity index (χ0) is 24.0. The summed E-state index contributed by atoms with van der Waals surface area (Å²) in [6.45, 7) is 5.91. The summed E-state index contributed by atoms with van der Waals surface area (Å²) in [6.07, 6.45) is -0.396. The van der Waals surface area contributed by atoms with Gasteiger partial charge in [-0.1, -0.05) is 23.9 Å². The third-order valence-corrected chi connectivity index (χ3v) is 5.63. The Labute approximate surface area is 196 Å². The van der Waals surface area contributed by atoms with Crippen LogP contribution in [0, 0.1) is 0 Å². The van der Waals surface area contributed by atoms with E-state index in [4.69, 9.17) is 14.6 Å². The normalized spacial score (nSPS) is 11.8. The summed E-state index contributed by atoms with van der Waals surface area (Å²) in [6, 6.07) is 13.4. The molecule has 33 heavy (non-hydrogen) atoms. The SMILES string of the molecule is COc1ccccc1OC(C)c1nnc(SCC(=O)Nc2ccc(C(=O)O)cc2)n1C(C)C. The Morgan fingerprint density at radius 1 is 1.06 bits per heavy atom. The summed E-state index contributed by atoms with van der Waals surface area (Å²) < 4.78 is 13.4. The van der Waals surface area contributed by atoms with Gasteiger partial charge in [0.25, 0.3) is 0 Å². The Kier molecular flexibility index (Phi) is 7.94. The molecular formula is C23H26N4O5S. The van der Waals surface area contributed by atoms with E-state index in [0.29, 0.717) is 28.2 Å². The molecule has 0 aliphatic rings. The maximum absolute atomic E-state index is 12.4. The number of aromatic nitrogens is 3. The molecule has 3 rings (SSSR count). The lowest BCUT2D eigenvalue weighted by atomic mass is 10.2. The number of nitrogens with zero attached hydrogens (tertiary/aromatic N) is 3. The van der Waals surface area contributed by atoms with Crippen LogP contribution in [-0.4, -0.2) is 44.6 Å². The molecule has 0 saturated carbocycles. The number of anilines is 1. The summed E-state index contributed by atoms with van der Waals surface area (Å²) in [5, 5.41) is 20.9. The molecule has 0 fully saturated rings. The number of carbonyl (C=O) groups is 2. The van der Waals surface area contributed by atoms with Crippen molar-refractivity contribution >= 4 is 29.3 Å². The number of aromatic carboxylic acids is 1. The number of carbonyl (C=O) groups excluding carboxylic acids is 1. The number of ether oxygens (including phenoxy) is 2. The molecule has 0 radical (unpaired) electrons. The smallest absolute Gasteiger partial charge is 0.335 e. The highest BCUT2D eigenvalue weighted by atomic mass is 32.2. The van der Waals surface area contributed by atoms with Crippen molar-refractivity contribution in [2.24, 2.45) is 0 Å². The molecule has 0 aliphatic heterocycles. The minimum absolute atomic E-state index is 0.0489. The number of carboxylic acid groups (broad SMARTS) is 1. The first-order valence-electron chi connectivity index (χ1n) is 10.3. The highest BCUT2D eigenvalue weighted by molar-refractivity contribution is 7.99. The first kappa shape index (κ1) is 24.1. The van der Waals surface area contributed by atoms with E-state index < -0.39 is 12.1 Å². The summed E-state index contributed by atoms with van der Waals surface area (Å²) >= 11 is 1.27. The van der Waals surface area contributed by atoms with Gasteiger partial charge in [0.2, 0.25) is 5.91 Å². The van der Waals surface area contributed by atoms with E-state index in [2.05, 4.69) is 15.5 Å². The Morgan fingerprint density at radius 3 is 2.33 bits per heavy atom. The van der Waals surface area contributed by atoms with Crippen LogP contribution in [0.15, 0.2) is 53.7 Å². The van der Waals surface area contributed by atoms with E-state index in [1.807, 2.05) is 49.6 Å². The molecule has 0 spiro atoms. The van der Waals surface area contributed by atoms with Gasteiger partial charge in [-0.3, -0.25) is 4.79 Å². The van der Waals surface area contributed by atoms with Crippen LogP contribution in [0.5, 0.6) is 11.5 Å². The van der Waals surface area contributed by atoms with Crippen LogP contribution in [0.25, 0.3) is 0 Å². The van der Waals surface area contributed by atoms with Gasteiger partial charge in [-0.15, -0.1) is 10.2 Å². The molecular weight excluding hydrogens is 444 g/mol. The average Bonchev–Trinajstić information content (AvgIpc) is 3.23. The Bertz CT molecular complexity index is 1110. The predicted octanol–water partition coefficient (Wildman–Crippen LogP) is 4.44. The van der Waals surface area contributed by atoms with Gasteiger partial charge < -0.3 is 24.5 Å². The predicted molar refractivity (Wildman–Crippen MR) is 125 cm³/mol. The quantitative estimate of drug-likeness (QED) is 0.418. The van der Waals surface area contributed by atoms with Crippen LogP contribution in [0.4, 0.5) is 5.69 Å². The van der Waals surface area contributed by atoms with Gasteiger partial charge in [-0.05, 0) is 57.2 Å². The van der Waals surface area contributed by atoms with Crippen LogP contribution in [0.3, 0.4) is 0 Å².